The van der Waals surface area contributed by atoms with Gasteiger partial charge in [0.05, 0.1) is 11.1 Å². The van der Waals surface area contributed by atoms with E-state index in [-0.39, 0.29) is 11.5 Å². The van der Waals surface area contributed by atoms with Gasteiger partial charge in [0, 0.05) is 40.7 Å². The van der Waals surface area contributed by atoms with E-state index in [1.54, 1.807) is 18.2 Å². The summed E-state index contributed by atoms with van der Waals surface area (Å²) in [7, 11) is 0. The topological polar surface area (TPSA) is 108 Å². The number of aromatic nitrogens is 3. The van der Waals surface area contributed by atoms with Gasteiger partial charge in [-0.15, -0.1) is 0 Å². The largest absolute Gasteiger partial charge is 0.478 e. The molecule has 0 bridgehead atoms. The third kappa shape index (κ3) is 3.25. The molecule has 2 heterocycles. The second-order valence-electron chi connectivity index (χ2n) is 5.88. The van der Waals surface area contributed by atoms with E-state index >= 15 is 0 Å². The predicted molar refractivity (Wildman–Crippen MR) is 101 cm³/mol. The van der Waals surface area contributed by atoms with Crippen molar-refractivity contribution < 1.29 is 14.7 Å². The van der Waals surface area contributed by atoms with Gasteiger partial charge in [0.25, 0.3) is 5.91 Å². The van der Waals surface area contributed by atoms with Crippen LogP contribution in [0, 0.1) is 0 Å². The molecule has 2 aromatic heterocycles. The summed E-state index contributed by atoms with van der Waals surface area (Å²) in [6, 6.07) is 14.5. The molecule has 0 saturated carbocycles. The van der Waals surface area contributed by atoms with Gasteiger partial charge in [-0.3, -0.25) is 4.79 Å². The highest BCUT2D eigenvalue weighted by Gasteiger charge is 2.13. The van der Waals surface area contributed by atoms with Gasteiger partial charge >= 0.3 is 5.97 Å². The molecular weight excluding hydrogens is 344 g/mol. The molecule has 0 fully saturated rings. The molecule has 0 saturated heterocycles. The van der Waals surface area contributed by atoms with E-state index in [4.69, 9.17) is 0 Å². The number of hydrogen-bond acceptors (Lipinski definition) is 4. The van der Waals surface area contributed by atoms with Crippen LogP contribution in [0.4, 0.5) is 5.69 Å². The lowest BCUT2D eigenvalue weighted by Crippen LogP contribution is -2.12. The minimum Gasteiger partial charge on any atom is -0.478 e. The average molecular weight is 358 g/mol. The molecule has 7 heteroatoms. The summed E-state index contributed by atoms with van der Waals surface area (Å²) in [5, 5.41) is 12.5. The lowest BCUT2D eigenvalue weighted by Gasteiger charge is -2.06. The average Bonchev–Trinajstić information content (AvgIpc) is 3.12. The van der Waals surface area contributed by atoms with Crippen molar-refractivity contribution in [3.05, 3.63) is 78.2 Å². The van der Waals surface area contributed by atoms with Crippen molar-refractivity contribution >= 4 is 28.5 Å². The van der Waals surface area contributed by atoms with Crippen molar-refractivity contribution in [3.8, 4) is 11.4 Å². The van der Waals surface area contributed by atoms with Gasteiger partial charge in [-0.2, -0.15) is 0 Å². The number of H-pyrrole nitrogens is 1. The Kier molecular flexibility index (Phi) is 4.10. The molecule has 7 nitrogen and oxygen atoms in total. The lowest BCUT2D eigenvalue weighted by atomic mass is 10.1. The number of nitrogens with one attached hydrogen (secondary N) is 2. The van der Waals surface area contributed by atoms with Gasteiger partial charge in [-0.05, 0) is 18.2 Å². The van der Waals surface area contributed by atoms with Crippen molar-refractivity contribution in [2.75, 3.05) is 5.32 Å². The molecule has 0 aliphatic carbocycles. The summed E-state index contributed by atoms with van der Waals surface area (Å²) >= 11 is 0. The van der Waals surface area contributed by atoms with Gasteiger partial charge in [0.2, 0.25) is 0 Å². The molecule has 0 aliphatic rings. The van der Waals surface area contributed by atoms with E-state index in [0.717, 1.165) is 5.56 Å². The normalized spacial score (nSPS) is 10.7. The Morgan fingerprint density at radius 2 is 1.74 bits per heavy atom. The van der Waals surface area contributed by atoms with E-state index in [1.165, 1.54) is 18.6 Å². The van der Waals surface area contributed by atoms with Crippen LogP contribution in [0.1, 0.15) is 20.7 Å². The molecule has 1 amide bonds. The highest BCUT2D eigenvalue weighted by atomic mass is 16.4. The molecule has 0 atom stereocenters. The fourth-order valence-electron chi connectivity index (χ4n) is 2.76. The summed E-state index contributed by atoms with van der Waals surface area (Å²) < 4.78 is 0. The number of carbonyl (C=O) groups excluding carboxylic acids is 1. The van der Waals surface area contributed by atoms with E-state index in [2.05, 4.69) is 20.3 Å². The minimum atomic E-state index is -1.03. The smallest absolute Gasteiger partial charge is 0.337 e. The fraction of sp³-hybridized carbons (Fsp3) is 0. The van der Waals surface area contributed by atoms with Gasteiger partial charge in [0.15, 0.2) is 5.82 Å². The molecule has 4 aromatic rings. The third-order valence-corrected chi connectivity index (χ3v) is 4.12. The van der Waals surface area contributed by atoms with Crippen LogP contribution in [-0.4, -0.2) is 31.9 Å². The van der Waals surface area contributed by atoms with Crippen molar-refractivity contribution in [2.45, 2.75) is 0 Å². The van der Waals surface area contributed by atoms with Gasteiger partial charge in [-0.25, -0.2) is 14.8 Å². The number of carbonyl (C=O) groups is 2. The summed E-state index contributed by atoms with van der Waals surface area (Å²) in [5.74, 6) is -0.872. The Morgan fingerprint density at radius 3 is 2.44 bits per heavy atom. The zero-order valence-electron chi connectivity index (χ0n) is 14.0. The number of carboxylic acids is 1. The minimum absolute atomic E-state index is 0.150. The molecular formula is C20H14N4O3. The number of rotatable bonds is 4. The van der Waals surface area contributed by atoms with Crippen LogP contribution in [0.15, 0.2) is 67.1 Å². The maximum absolute atomic E-state index is 12.4. The number of aromatic amines is 1. The third-order valence-electron chi connectivity index (χ3n) is 4.12. The summed E-state index contributed by atoms with van der Waals surface area (Å²) in [6.45, 7) is 0. The summed E-state index contributed by atoms with van der Waals surface area (Å²) in [5.41, 5.74) is 2.49. The van der Waals surface area contributed by atoms with Crippen LogP contribution < -0.4 is 5.32 Å². The second-order valence-corrected chi connectivity index (χ2v) is 5.88. The summed E-state index contributed by atoms with van der Waals surface area (Å²) in [6.07, 6.45) is 4.35. The molecule has 0 radical (unpaired) electrons. The number of aromatic carboxylic acids is 1. The first-order chi connectivity index (χ1) is 13.1. The van der Waals surface area contributed by atoms with E-state index in [9.17, 15) is 14.7 Å². The standard InChI is InChI=1S/C20H14N4O3/c25-19(13-9-22-18(23-10-13)12-4-2-1-3-5-12)24-14-6-7-17-15(8-14)16(11-21-17)20(26)27/h1-11,21H,(H,24,25)(H,26,27). The molecule has 0 spiro atoms. The first-order valence-corrected chi connectivity index (χ1v) is 8.15. The Balaban J connectivity index is 1.56. The maximum Gasteiger partial charge on any atom is 0.337 e. The monoisotopic (exact) mass is 358 g/mol. The van der Waals surface area contributed by atoms with E-state index in [1.807, 2.05) is 30.3 Å². The molecule has 2 aromatic carbocycles. The number of benzene rings is 2. The van der Waals surface area contributed by atoms with Crippen molar-refractivity contribution in [1.29, 1.82) is 0 Å². The van der Waals surface area contributed by atoms with Crippen molar-refractivity contribution in [1.82, 2.24) is 15.0 Å². The number of anilines is 1. The second kappa shape index (κ2) is 6.72. The van der Waals surface area contributed by atoms with Gasteiger partial charge < -0.3 is 15.4 Å². The first kappa shape index (κ1) is 16.5. The van der Waals surface area contributed by atoms with Crippen LogP contribution in [0.25, 0.3) is 22.3 Å². The Bertz CT molecular complexity index is 1140. The fourth-order valence-corrected chi connectivity index (χ4v) is 2.76. The number of amides is 1. The first-order valence-electron chi connectivity index (χ1n) is 8.15. The zero-order chi connectivity index (χ0) is 18.8. The Hall–Kier alpha value is -4.00. The van der Waals surface area contributed by atoms with Gasteiger partial charge in [0.1, 0.15) is 0 Å². The highest BCUT2D eigenvalue weighted by molar-refractivity contribution is 6.07. The number of nitrogens with zero attached hydrogens (tertiary/aromatic N) is 2. The molecule has 0 unspecified atom stereocenters. The lowest BCUT2D eigenvalue weighted by molar-refractivity contribution is 0.0699. The predicted octanol–water partition coefficient (Wildman–Crippen LogP) is 3.58. The van der Waals surface area contributed by atoms with Crippen LogP contribution in [0.3, 0.4) is 0 Å². The van der Waals surface area contributed by atoms with E-state index < -0.39 is 5.97 Å². The number of hydrogen-bond donors (Lipinski definition) is 3. The van der Waals surface area contributed by atoms with Crippen LogP contribution in [-0.2, 0) is 0 Å². The van der Waals surface area contributed by atoms with Crippen molar-refractivity contribution in [3.63, 3.8) is 0 Å². The molecule has 27 heavy (non-hydrogen) atoms. The number of carboxylic acid groups (broad SMARTS) is 1. The maximum atomic E-state index is 12.4. The van der Waals surface area contributed by atoms with E-state index in [0.29, 0.717) is 28.0 Å². The quantitative estimate of drug-likeness (QED) is 0.517. The van der Waals surface area contributed by atoms with Crippen LogP contribution >= 0.6 is 0 Å². The molecule has 132 valence electrons. The summed E-state index contributed by atoms with van der Waals surface area (Å²) in [4.78, 5) is 35.1. The van der Waals surface area contributed by atoms with Crippen LogP contribution in [0.5, 0.6) is 0 Å². The van der Waals surface area contributed by atoms with Crippen LogP contribution in [0.2, 0.25) is 0 Å². The Labute approximate surface area is 153 Å². The number of fused-ring (bicyclic) bond motifs is 1. The highest BCUT2D eigenvalue weighted by Crippen LogP contribution is 2.23. The SMILES string of the molecule is O=C(Nc1ccc2[nH]cc(C(=O)O)c2c1)c1cnc(-c2ccccc2)nc1. The zero-order valence-corrected chi connectivity index (χ0v) is 14.0. The van der Waals surface area contributed by atoms with Gasteiger partial charge in [-0.1, -0.05) is 30.3 Å². The molecule has 4 rings (SSSR count). The Morgan fingerprint density at radius 1 is 1.00 bits per heavy atom. The molecule has 0 aliphatic heterocycles. The van der Waals surface area contributed by atoms with Crippen molar-refractivity contribution in [2.24, 2.45) is 0 Å². The molecule has 3 N–H and O–H groups in total.